The Morgan fingerprint density at radius 2 is 2.21 bits per heavy atom. The van der Waals surface area contributed by atoms with Gasteiger partial charge in [-0.3, -0.25) is 4.98 Å². The van der Waals surface area contributed by atoms with Crippen molar-refractivity contribution < 1.29 is 0 Å². The minimum absolute atomic E-state index is 0.685. The molecule has 1 aliphatic carbocycles. The molecule has 1 aromatic rings. The van der Waals surface area contributed by atoms with Gasteiger partial charge in [0.2, 0.25) is 0 Å². The van der Waals surface area contributed by atoms with Gasteiger partial charge in [-0.2, -0.15) is 0 Å². The monoisotopic (exact) mass is 209 g/mol. The van der Waals surface area contributed by atoms with Crippen LogP contribution in [0.3, 0.4) is 0 Å². The smallest absolute Gasteiger partial charge is 0.0592 e. The topological polar surface area (TPSA) is 12.9 Å². The minimum atomic E-state index is 0.685. The molecule has 0 aromatic carbocycles. The third-order valence-corrected chi connectivity index (χ3v) is 3.34. The lowest BCUT2D eigenvalue weighted by Gasteiger charge is -2.26. The van der Waals surface area contributed by atoms with E-state index in [1.165, 1.54) is 31.2 Å². The molecule has 1 aromatic heterocycles. The van der Waals surface area contributed by atoms with Gasteiger partial charge in [-0.15, -0.1) is 0 Å². The van der Waals surface area contributed by atoms with Crippen molar-refractivity contribution in [2.45, 2.75) is 38.5 Å². The second kappa shape index (κ2) is 4.31. The van der Waals surface area contributed by atoms with Crippen LogP contribution in [-0.4, -0.2) is 4.98 Å². The molecule has 2 atom stereocenters. The van der Waals surface area contributed by atoms with Gasteiger partial charge >= 0.3 is 0 Å². The molecule has 0 radical (unpaired) electrons. The van der Waals surface area contributed by atoms with Crippen LogP contribution < -0.4 is 0 Å². The van der Waals surface area contributed by atoms with Gasteiger partial charge in [0, 0.05) is 12.4 Å². The Hall–Kier alpha value is -0.560. The van der Waals surface area contributed by atoms with Crippen LogP contribution in [0.25, 0.3) is 0 Å². The van der Waals surface area contributed by atoms with E-state index in [9.17, 15) is 0 Å². The zero-order valence-corrected chi connectivity index (χ0v) is 9.30. The van der Waals surface area contributed by atoms with E-state index < -0.39 is 0 Å². The third-order valence-electron chi connectivity index (χ3n) is 3.13. The zero-order chi connectivity index (χ0) is 9.97. The van der Waals surface area contributed by atoms with Crippen LogP contribution in [0, 0.1) is 5.92 Å². The van der Waals surface area contributed by atoms with Gasteiger partial charge in [0.05, 0.1) is 5.02 Å². The van der Waals surface area contributed by atoms with Crippen LogP contribution in [0.15, 0.2) is 18.5 Å². The number of rotatable bonds is 1. The van der Waals surface area contributed by atoms with E-state index in [0.29, 0.717) is 5.92 Å². The Balaban J connectivity index is 2.14. The van der Waals surface area contributed by atoms with Crippen LogP contribution in [-0.2, 0) is 0 Å². The lowest BCUT2D eigenvalue weighted by atomic mass is 9.79. The van der Waals surface area contributed by atoms with E-state index in [4.69, 9.17) is 11.6 Å². The van der Waals surface area contributed by atoms with Crippen molar-refractivity contribution >= 4 is 11.6 Å². The lowest BCUT2D eigenvalue weighted by Crippen LogP contribution is -2.11. The summed E-state index contributed by atoms with van der Waals surface area (Å²) >= 11 is 5.94. The van der Waals surface area contributed by atoms with Gasteiger partial charge < -0.3 is 0 Å². The van der Waals surface area contributed by atoms with Gasteiger partial charge in [-0.1, -0.05) is 31.4 Å². The maximum absolute atomic E-state index is 5.94. The van der Waals surface area contributed by atoms with Crippen molar-refractivity contribution in [2.24, 2.45) is 5.92 Å². The van der Waals surface area contributed by atoms with Crippen LogP contribution in [0.1, 0.15) is 44.1 Å². The standard InChI is InChI=1S/C12H16ClN/c1-9-3-2-4-10(5-9)11-6-12(13)8-14-7-11/h6-10H,2-5H2,1H3/t9-,10?/m0/s1. The molecule has 1 aliphatic rings. The molecule has 14 heavy (non-hydrogen) atoms. The number of pyridine rings is 1. The molecule has 0 aliphatic heterocycles. The lowest BCUT2D eigenvalue weighted by molar-refractivity contribution is 0.343. The van der Waals surface area contributed by atoms with Crippen molar-refractivity contribution in [1.82, 2.24) is 4.98 Å². The predicted molar refractivity (Wildman–Crippen MR) is 59.6 cm³/mol. The molecule has 0 saturated heterocycles. The molecule has 2 rings (SSSR count). The van der Waals surface area contributed by atoms with E-state index in [1.807, 2.05) is 6.20 Å². The average molecular weight is 210 g/mol. The molecular weight excluding hydrogens is 194 g/mol. The highest BCUT2D eigenvalue weighted by Crippen LogP contribution is 2.36. The fraction of sp³-hybridized carbons (Fsp3) is 0.583. The normalized spacial score (nSPS) is 27.6. The van der Waals surface area contributed by atoms with Gasteiger partial charge in [0.25, 0.3) is 0 Å². The summed E-state index contributed by atoms with van der Waals surface area (Å²) in [6.07, 6.45) is 8.99. The van der Waals surface area contributed by atoms with E-state index >= 15 is 0 Å². The van der Waals surface area contributed by atoms with Crippen molar-refractivity contribution in [1.29, 1.82) is 0 Å². The van der Waals surface area contributed by atoms with Crippen LogP contribution in [0.2, 0.25) is 5.02 Å². The summed E-state index contributed by atoms with van der Waals surface area (Å²) in [7, 11) is 0. The summed E-state index contributed by atoms with van der Waals surface area (Å²) in [5, 5.41) is 0.765. The first-order valence-electron chi connectivity index (χ1n) is 5.36. The molecule has 2 heteroatoms. The molecule has 0 bridgehead atoms. The quantitative estimate of drug-likeness (QED) is 0.681. The number of hydrogen-bond donors (Lipinski definition) is 0. The van der Waals surface area contributed by atoms with E-state index in [-0.39, 0.29) is 0 Å². The maximum atomic E-state index is 5.94. The van der Waals surface area contributed by atoms with E-state index in [1.54, 1.807) is 6.20 Å². The Morgan fingerprint density at radius 1 is 1.36 bits per heavy atom. The van der Waals surface area contributed by atoms with Crippen molar-refractivity contribution in [3.05, 3.63) is 29.0 Å². The molecule has 1 heterocycles. The molecule has 0 N–H and O–H groups in total. The summed E-state index contributed by atoms with van der Waals surface area (Å²) in [5.41, 5.74) is 1.32. The summed E-state index contributed by atoms with van der Waals surface area (Å²) in [6.45, 7) is 2.34. The fourth-order valence-electron chi connectivity index (χ4n) is 2.39. The highest BCUT2D eigenvalue weighted by molar-refractivity contribution is 6.30. The van der Waals surface area contributed by atoms with Crippen LogP contribution in [0.4, 0.5) is 0 Å². The Kier molecular flexibility index (Phi) is 3.07. The van der Waals surface area contributed by atoms with Gasteiger partial charge in [-0.25, -0.2) is 0 Å². The summed E-state index contributed by atoms with van der Waals surface area (Å²) < 4.78 is 0. The van der Waals surface area contributed by atoms with Crippen molar-refractivity contribution in [2.75, 3.05) is 0 Å². The third kappa shape index (κ3) is 2.27. The molecule has 1 nitrogen and oxygen atoms in total. The number of hydrogen-bond acceptors (Lipinski definition) is 1. The Morgan fingerprint density at radius 3 is 2.93 bits per heavy atom. The zero-order valence-electron chi connectivity index (χ0n) is 8.54. The van der Waals surface area contributed by atoms with Crippen molar-refractivity contribution in [3.63, 3.8) is 0 Å². The highest BCUT2D eigenvalue weighted by atomic mass is 35.5. The molecule has 76 valence electrons. The Labute approximate surface area is 90.5 Å². The second-order valence-electron chi connectivity index (χ2n) is 4.41. The number of aromatic nitrogens is 1. The molecule has 1 fully saturated rings. The second-order valence-corrected chi connectivity index (χ2v) is 4.84. The maximum Gasteiger partial charge on any atom is 0.0592 e. The fourth-order valence-corrected chi connectivity index (χ4v) is 2.57. The molecule has 0 amide bonds. The molecular formula is C12H16ClN. The highest BCUT2D eigenvalue weighted by Gasteiger charge is 2.20. The molecule has 0 spiro atoms. The van der Waals surface area contributed by atoms with E-state index in [2.05, 4.69) is 18.0 Å². The SMILES string of the molecule is C[C@H]1CCCC(c2cncc(Cl)c2)C1. The largest absolute Gasteiger partial charge is 0.263 e. The van der Waals surface area contributed by atoms with Crippen molar-refractivity contribution in [3.8, 4) is 0 Å². The first kappa shape index (κ1) is 9.97. The summed E-state index contributed by atoms with van der Waals surface area (Å²) in [6, 6.07) is 2.07. The minimum Gasteiger partial charge on any atom is -0.263 e. The predicted octanol–water partition coefficient (Wildman–Crippen LogP) is 4.03. The van der Waals surface area contributed by atoms with Gasteiger partial charge in [0.15, 0.2) is 0 Å². The summed E-state index contributed by atoms with van der Waals surface area (Å²) in [5.74, 6) is 1.54. The van der Waals surface area contributed by atoms with Gasteiger partial charge in [-0.05, 0) is 36.3 Å². The number of halogens is 1. The van der Waals surface area contributed by atoms with Crippen LogP contribution >= 0.6 is 11.6 Å². The molecule has 1 saturated carbocycles. The number of nitrogens with zero attached hydrogens (tertiary/aromatic N) is 1. The van der Waals surface area contributed by atoms with E-state index in [0.717, 1.165) is 10.9 Å². The Bertz CT molecular complexity index is 311. The summed E-state index contributed by atoms with van der Waals surface area (Å²) in [4.78, 5) is 4.15. The van der Waals surface area contributed by atoms with Gasteiger partial charge in [0.1, 0.15) is 0 Å². The van der Waals surface area contributed by atoms with Crippen LogP contribution in [0.5, 0.6) is 0 Å². The molecule has 1 unspecified atom stereocenters. The average Bonchev–Trinajstić information content (AvgIpc) is 2.18. The first-order chi connectivity index (χ1) is 6.75. The first-order valence-corrected chi connectivity index (χ1v) is 5.74.